The van der Waals surface area contributed by atoms with Crippen molar-refractivity contribution in [2.45, 2.75) is 32.9 Å². The molecule has 16 heteroatoms. The molecule has 0 aliphatic carbocycles. The van der Waals surface area contributed by atoms with Gasteiger partial charge in [0.15, 0.2) is 0 Å². The predicted octanol–water partition coefficient (Wildman–Crippen LogP) is 12.3. The van der Waals surface area contributed by atoms with Crippen molar-refractivity contribution in [3.8, 4) is 44.4 Å². The van der Waals surface area contributed by atoms with Gasteiger partial charge in [0, 0.05) is 46.7 Å². The maximum Gasteiger partial charge on any atom is 0.335 e. The van der Waals surface area contributed by atoms with Crippen LogP contribution in [0, 0.1) is 6.92 Å². The number of ether oxygens (including phenoxy) is 2. The smallest absolute Gasteiger partial charge is 0.335 e. The molecule has 4 aromatic carbocycles. The summed E-state index contributed by atoms with van der Waals surface area (Å²) in [6.07, 6.45) is 6.35. The van der Waals surface area contributed by atoms with Crippen molar-refractivity contribution < 1.29 is 29.0 Å². The molecule has 0 aliphatic rings. The van der Waals surface area contributed by atoms with Gasteiger partial charge in [0.2, 0.25) is 11.8 Å². The zero-order chi connectivity index (χ0) is 45.2. The number of rotatable bonds is 13. The summed E-state index contributed by atoms with van der Waals surface area (Å²) in [7, 11) is 0. The number of carboxylic acid groups (broad SMARTS) is 1. The molecule has 0 fully saturated rings. The summed E-state index contributed by atoms with van der Waals surface area (Å²) < 4.78 is 11.9. The van der Waals surface area contributed by atoms with Crippen LogP contribution in [-0.4, -0.2) is 42.8 Å². The van der Waals surface area contributed by atoms with Gasteiger partial charge in [-0.15, -0.1) is 22.7 Å². The molecule has 8 aromatic rings. The van der Waals surface area contributed by atoms with Gasteiger partial charge in [-0.2, -0.15) is 0 Å². The van der Waals surface area contributed by atoms with E-state index in [2.05, 4.69) is 30.6 Å². The second-order valence-electron chi connectivity index (χ2n) is 14.2. The Hall–Kier alpha value is -6.97. The van der Waals surface area contributed by atoms with Crippen molar-refractivity contribution in [2.24, 2.45) is 0 Å². The number of pyridine rings is 2. The van der Waals surface area contributed by atoms with E-state index in [0.29, 0.717) is 21.5 Å². The van der Waals surface area contributed by atoms with E-state index >= 15 is 0 Å². The Morgan fingerprint density at radius 3 is 1.45 bits per heavy atom. The van der Waals surface area contributed by atoms with Crippen LogP contribution in [0.4, 0.5) is 0 Å². The highest BCUT2D eigenvalue weighted by Gasteiger charge is 2.21. The number of aryl methyl sites for hydroxylation is 1. The van der Waals surface area contributed by atoms with Crippen LogP contribution in [0.25, 0.3) is 21.1 Å². The molecule has 4 aromatic heterocycles. The highest BCUT2D eigenvalue weighted by molar-refractivity contribution is 7.13. The minimum atomic E-state index is -1.01. The molecule has 0 spiro atoms. The van der Waals surface area contributed by atoms with Crippen LogP contribution in [0.15, 0.2) is 145 Å². The fourth-order valence-corrected chi connectivity index (χ4v) is 7.75. The summed E-state index contributed by atoms with van der Waals surface area (Å²) in [4.78, 5) is 54.2. The molecule has 322 valence electrons. The molecular formula is C48H38Cl2N6O6S2. The summed E-state index contributed by atoms with van der Waals surface area (Å²) in [5.41, 5.74) is 5.36. The fraction of sp³-hybridized carbons (Fsp3) is 0.104. The normalized spacial score (nSPS) is 11.6. The number of nitrogens with one attached hydrogen (secondary N) is 2. The maximum absolute atomic E-state index is 13.0. The molecule has 64 heavy (non-hydrogen) atoms. The van der Waals surface area contributed by atoms with Crippen molar-refractivity contribution in [3.05, 3.63) is 188 Å². The third kappa shape index (κ3) is 11.7. The van der Waals surface area contributed by atoms with E-state index < -0.39 is 11.9 Å². The molecule has 4 heterocycles. The number of thiazole rings is 2. The Morgan fingerprint density at radius 2 is 1.05 bits per heavy atom. The summed E-state index contributed by atoms with van der Waals surface area (Å²) in [5, 5.41) is 21.1. The maximum atomic E-state index is 13.0. The number of aromatic carboxylic acids is 1. The zero-order valence-corrected chi connectivity index (χ0v) is 37.5. The summed E-state index contributed by atoms with van der Waals surface area (Å²) in [6.45, 7) is 5.75. The molecule has 0 radical (unpaired) electrons. The first-order valence-electron chi connectivity index (χ1n) is 19.6. The summed E-state index contributed by atoms with van der Waals surface area (Å²) in [5.74, 6) is -0.382. The minimum absolute atomic E-state index is 0.113. The minimum Gasteiger partial charge on any atom is -0.478 e. The van der Waals surface area contributed by atoms with Gasteiger partial charge in [-0.05, 0) is 80.4 Å². The number of carbonyl (C=O) groups is 3. The van der Waals surface area contributed by atoms with Gasteiger partial charge >= 0.3 is 5.97 Å². The fourth-order valence-electron chi connectivity index (χ4n) is 6.17. The molecule has 0 bridgehead atoms. The van der Waals surface area contributed by atoms with Gasteiger partial charge < -0.3 is 25.2 Å². The molecule has 2 amide bonds. The van der Waals surface area contributed by atoms with Crippen molar-refractivity contribution in [1.82, 2.24) is 30.6 Å². The summed E-state index contributed by atoms with van der Waals surface area (Å²) >= 11 is 15.3. The van der Waals surface area contributed by atoms with E-state index in [-0.39, 0.29) is 46.4 Å². The monoisotopic (exact) mass is 928 g/mol. The van der Waals surface area contributed by atoms with E-state index in [1.807, 2.05) is 91.3 Å². The van der Waals surface area contributed by atoms with Crippen molar-refractivity contribution in [2.75, 3.05) is 0 Å². The molecule has 8 rings (SSSR count). The van der Waals surface area contributed by atoms with E-state index in [1.165, 1.54) is 41.9 Å². The average Bonchev–Trinajstić information content (AvgIpc) is 4.05. The lowest BCUT2D eigenvalue weighted by Gasteiger charge is -2.16. The Morgan fingerprint density at radius 1 is 0.609 bits per heavy atom. The lowest BCUT2D eigenvalue weighted by Crippen LogP contribution is -2.27. The predicted molar refractivity (Wildman–Crippen MR) is 250 cm³/mol. The molecular weight excluding hydrogens is 892 g/mol. The number of amides is 2. The average molecular weight is 930 g/mol. The van der Waals surface area contributed by atoms with E-state index in [1.54, 1.807) is 54.9 Å². The van der Waals surface area contributed by atoms with E-state index in [4.69, 9.17) is 37.8 Å². The van der Waals surface area contributed by atoms with E-state index in [0.717, 1.165) is 37.8 Å². The Balaban J connectivity index is 0.000000192. The van der Waals surface area contributed by atoms with Gasteiger partial charge in [0.1, 0.15) is 32.6 Å². The highest BCUT2D eigenvalue weighted by Crippen LogP contribution is 2.32. The number of halogens is 2. The first-order chi connectivity index (χ1) is 30.9. The standard InChI is InChI=1S/C24H18ClN3O4S.C24H20ClN3O2S/c1-14(15-5-7-16(8-6-15)24(30)31)28-21(29)20-12-18(25)13-27-22(20)32-19-4-2-3-17(11-19)23-26-9-10-33-23;1-15-6-8-17(9-7-15)16(2)28-22(29)21-13-19(25)14-27-23(21)30-20-5-3-4-18(12-20)24-26-10-11-31-24/h2-14H,1H3,(H,28,29)(H,30,31);3-14,16H,1-2H3,(H,28,29)/t14-;16-/m00/s1. The number of carboxylic acids is 1. The number of carbonyl (C=O) groups excluding carboxylic acids is 2. The number of benzene rings is 4. The largest absolute Gasteiger partial charge is 0.478 e. The lowest BCUT2D eigenvalue weighted by molar-refractivity contribution is 0.0696. The van der Waals surface area contributed by atoms with Gasteiger partial charge in [0.05, 0.1) is 27.7 Å². The van der Waals surface area contributed by atoms with Gasteiger partial charge in [-0.3, -0.25) is 9.59 Å². The van der Waals surface area contributed by atoms with E-state index in [9.17, 15) is 14.4 Å². The lowest BCUT2D eigenvalue weighted by atomic mass is 10.1. The number of aromatic nitrogens is 4. The topological polar surface area (TPSA) is 166 Å². The highest BCUT2D eigenvalue weighted by atomic mass is 35.5. The van der Waals surface area contributed by atoms with Crippen LogP contribution >= 0.6 is 45.9 Å². The van der Waals surface area contributed by atoms with Crippen LogP contribution in [-0.2, 0) is 0 Å². The van der Waals surface area contributed by atoms with Crippen LogP contribution in [0.5, 0.6) is 23.3 Å². The van der Waals surface area contributed by atoms with Crippen LogP contribution < -0.4 is 20.1 Å². The molecule has 0 saturated carbocycles. The number of hydrogen-bond donors (Lipinski definition) is 3. The van der Waals surface area contributed by atoms with Crippen LogP contribution in [0.1, 0.15) is 73.7 Å². The van der Waals surface area contributed by atoms with Crippen molar-refractivity contribution in [1.29, 1.82) is 0 Å². The number of nitrogens with zero attached hydrogens (tertiary/aromatic N) is 4. The molecule has 0 aliphatic heterocycles. The Labute approximate surface area is 386 Å². The molecule has 12 nitrogen and oxygen atoms in total. The Kier molecular flexibility index (Phi) is 14.7. The molecule has 3 N–H and O–H groups in total. The van der Waals surface area contributed by atoms with Crippen LogP contribution in [0.2, 0.25) is 10.0 Å². The van der Waals surface area contributed by atoms with Gasteiger partial charge in [-0.25, -0.2) is 24.7 Å². The third-order valence-electron chi connectivity index (χ3n) is 9.51. The molecule has 2 atom stereocenters. The van der Waals surface area contributed by atoms with Crippen molar-refractivity contribution >= 4 is 63.7 Å². The molecule has 0 saturated heterocycles. The summed E-state index contributed by atoms with van der Waals surface area (Å²) in [6, 6.07) is 31.7. The first kappa shape index (κ1) is 45.1. The second-order valence-corrected chi connectivity index (χ2v) is 16.8. The van der Waals surface area contributed by atoms with Crippen LogP contribution in [0.3, 0.4) is 0 Å². The quantitative estimate of drug-likeness (QED) is 0.101. The number of hydrogen-bond acceptors (Lipinski definition) is 11. The SMILES string of the molecule is C[C@H](NC(=O)c1cc(Cl)cnc1Oc1cccc(-c2nccs2)c1)c1ccc(C(=O)O)cc1.Cc1ccc([C@H](C)NC(=O)c2cc(Cl)cnc2Oc2cccc(-c3nccs3)c2)cc1. The third-order valence-corrected chi connectivity index (χ3v) is 11.6. The second kappa shape index (κ2) is 20.9. The Bertz CT molecular complexity index is 2880. The van der Waals surface area contributed by atoms with Gasteiger partial charge in [-0.1, -0.05) is 89.4 Å². The first-order valence-corrected chi connectivity index (χ1v) is 22.1. The van der Waals surface area contributed by atoms with Gasteiger partial charge in [0.25, 0.3) is 11.8 Å². The van der Waals surface area contributed by atoms with Crippen molar-refractivity contribution in [3.63, 3.8) is 0 Å². The molecule has 0 unspecified atom stereocenters. The zero-order valence-electron chi connectivity index (χ0n) is 34.4.